The first kappa shape index (κ1) is 14.5. The van der Waals surface area contributed by atoms with Crippen LogP contribution in [0.1, 0.15) is 23.2 Å². The van der Waals surface area contributed by atoms with E-state index in [4.69, 9.17) is 5.73 Å². The average molecular weight is 297 g/mol. The Kier molecular flexibility index (Phi) is 4.29. The van der Waals surface area contributed by atoms with Crippen molar-refractivity contribution in [3.8, 4) is 0 Å². The lowest BCUT2D eigenvalue weighted by Crippen LogP contribution is -2.45. The van der Waals surface area contributed by atoms with E-state index in [0.29, 0.717) is 17.9 Å². The maximum Gasteiger partial charge on any atom is 0.253 e. The van der Waals surface area contributed by atoms with E-state index >= 15 is 0 Å². The summed E-state index contributed by atoms with van der Waals surface area (Å²) in [5.41, 5.74) is 7.42. The Labute approximate surface area is 129 Å². The fourth-order valence-corrected chi connectivity index (χ4v) is 2.62. The third-order valence-electron chi connectivity index (χ3n) is 3.69. The first-order valence-electron chi connectivity index (χ1n) is 7.40. The van der Waals surface area contributed by atoms with Gasteiger partial charge in [-0.15, -0.1) is 0 Å². The summed E-state index contributed by atoms with van der Waals surface area (Å²) in [6.45, 7) is 1.40. The van der Waals surface area contributed by atoms with E-state index < -0.39 is 0 Å². The molecule has 1 aromatic carbocycles. The number of carbonyl (C=O) groups excluding carboxylic acids is 1. The Hall–Kier alpha value is -2.47. The Balaban J connectivity index is 1.74. The van der Waals surface area contributed by atoms with Crippen LogP contribution in [0.2, 0.25) is 0 Å². The number of nitrogens with one attached hydrogen (secondary N) is 1. The molecule has 2 aromatic rings. The minimum absolute atomic E-state index is 0.0259. The van der Waals surface area contributed by atoms with E-state index in [1.54, 1.807) is 18.6 Å². The zero-order valence-corrected chi connectivity index (χ0v) is 12.3. The zero-order valence-electron chi connectivity index (χ0n) is 12.3. The lowest BCUT2D eigenvalue weighted by Gasteiger charge is -2.30. The summed E-state index contributed by atoms with van der Waals surface area (Å²) in [4.78, 5) is 22.6. The van der Waals surface area contributed by atoms with Gasteiger partial charge in [-0.1, -0.05) is 6.07 Å². The number of hydrogen-bond donors (Lipinski definition) is 2. The molecule has 1 aliphatic heterocycles. The number of carbonyl (C=O) groups is 1. The second kappa shape index (κ2) is 6.53. The molecule has 2 heterocycles. The summed E-state index contributed by atoms with van der Waals surface area (Å²) in [5.74, 6) is 0.671. The van der Waals surface area contributed by atoms with Crippen molar-refractivity contribution in [2.45, 2.75) is 18.9 Å². The van der Waals surface area contributed by atoms with Crippen molar-refractivity contribution in [2.75, 3.05) is 18.4 Å². The van der Waals surface area contributed by atoms with Crippen LogP contribution in [0, 0.1) is 0 Å². The van der Waals surface area contributed by atoms with E-state index in [1.807, 2.05) is 29.2 Å². The first-order chi connectivity index (χ1) is 10.7. The number of aromatic nitrogens is 2. The Morgan fingerprint density at radius 3 is 3.05 bits per heavy atom. The average Bonchev–Trinajstić information content (AvgIpc) is 2.55. The van der Waals surface area contributed by atoms with Gasteiger partial charge in [0.25, 0.3) is 5.91 Å². The molecule has 22 heavy (non-hydrogen) atoms. The first-order valence-corrected chi connectivity index (χ1v) is 7.40. The van der Waals surface area contributed by atoms with Crippen molar-refractivity contribution >= 4 is 17.4 Å². The molecule has 114 valence electrons. The van der Waals surface area contributed by atoms with E-state index in [0.717, 1.165) is 25.1 Å². The van der Waals surface area contributed by atoms with Crippen LogP contribution in [0.15, 0.2) is 42.9 Å². The maximum absolute atomic E-state index is 12.6. The molecule has 1 aromatic heterocycles. The van der Waals surface area contributed by atoms with Crippen LogP contribution < -0.4 is 11.1 Å². The van der Waals surface area contributed by atoms with Crippen molar-refractivity contribution in [1.82, 2.24) is 14.9 Å². The minimum atomic E-state index is 0.0259. The number of amides is 1. The van der Waals surface area contributed by atoms with E-state index in [2.05, 4.69) is 15.3 Å². The van der Waals surface area contributed by atoms with E-state index in [-0.39, 0.29) is 11.9 Å². The number of nitrogens with two attached hydrogens (primary N) is 1. The van der Waals surface area contributed by atoms with Crippen molar-refractivity contribution in [1.29, 1.82) is 0 Å². The SMILES string of the molecule is N[C@@H]1CCCN(C(=O)c2cccc(Nc3cnccn3)c2)C1. The van der Waals surface area contributed by atoms with Gasteiger partial charge in [-0.3, -0.25) is 9.78 Å². The predicted molar refractivity (Wildman–Crippen MR) is 84.9 cm³/mol. The van der Waals surface area contributed by atoms with Crippen LogP contribution in [-0.2, 0) is 0 Å². The summed E-state index contributed by atoms with van der Waals surface area (Å²) in [6, 6.07) is 7.49. The monoisotopic (exact) mass is 297 g/mol. The van der Waals surface area contributed by atoms with Gasteiger partial charge in [0.2, 0.25) is 0 Å². The second-order valence-electron chi connectivity index (χ2n) is 5.45. The number of benzene rings is 1. The molecule has 3 rings (SSSR count). The lowest BCUT2D eigenvalue weighted by molar-refractivity contribution is 0.0709. The number of likely N-dealkylation sites (tertiary alicyclic amines) is 1. The Bertz CT molecular complexity index is 646. The van der Waals surface area contributed by atoms with Crippen LogP contribution in [0.25, 0.3) is 0 Å². The Morgan fingerprint density at radius 2 is 2.27 bits per heavy atom. The number of anilines is 2. The lowest BCUT2D eigenvalue weighted by atomic mass is 10.1. The number of hydrogen-bond acceptors (Lipinski definition) is 5. The van der Waals surface area contributed by atoms with Crippen molar-refractivity contribution in [3.63, 3.8) is 0 Å². The van der Waals surface area contributed by atoms with Gasteiger partial charge in [0.15, 0.2) is 0 Å². The second-order valence-corrected chi connectivity index (χ2v) is 5.45. The molecule has 0 radical (unpaired) electrons. The summed E-state index contributed by atoms with van der Waals surface area (Å²) in [5, 5.41) is 3.14. The molecule has 0 bridgehead atoms. The van der Waals surface area contributed by atoms with Crippen molar-refractivity contribution in [3.05, 3.63) is 48.4 Å². The molecule has 0 saturated carbocycles. The highest BCUT2D eigenvalue weighted by atomic mass is 16.2. The smallest absolute Gasteiger partial charge is 0.253 e. The van der Waals surface area contributed by atoms with Gasteiger partial charge in [0.1, 0.15) is 5.82 Å². The van der Waals surface area contributed by atoms with Crippen molar-refractivity contribution in [2.24, 2.45) is 5.73 Å². The maximum atomic E-state index is 12.6. The molecule has 6 nitrogen and oxygen atoms in total. The summed E-state index contributed by atoms with van der Waals surface area (Å²) in [7, 11) is 0. The van der Waals surface area contributed by atoms with Gasteiger partial charge in [0.05, 0.1) is 6.20 Å². The predicted octanol–water partition coefficient (Wildman–Crippen LogP) is 1.78. The molecular weight excluding hydrogens is 278 g/mol. The van der Waals surface area contributed by atoms with Crippen LogP contribution >= 0.6 is 0 Å². The molecule has 0 unspecified atom stereocenters. The minimum Gasteiger partial charge on any atom is -0.339 e. The number of rotatable bonds is 3. The third-order valence-corrected chi connectivity index (χ3v) is 3.69. The highest BCUT2D eigenvalue weighted by Gasteiger charge is 2.22. The molecule has 0 aliphatic carbocycles. The quantitative estimate of drug-likeness (QED) is 0.902. The summed E-state index contributed by atoms with van der Waals surface area (Å²) in [6.07, 6.45) is 6.82. The van der Waals surface area contributed by atoms with Crippen LogP contribution in [0.5, 0.6) is 0 Å². The van der Waals surface area contributed by atoms with Gasteiger partial charge in [-0.05, 0) is 31.0 Å². The highest BCUT2D eigenvalue weighted by Crippen LogP contribution is 2.18. The Morgan fingerprint density at radius 1 is 1.36 bits per heavy atom. The molecule has 1 atom stereocenters. The molecule has 1 fully saturated rings. The standard InChI is InChI=1S/C16H19N5O/c17-13-4-2-8-21(11-13)16(22)12-3-1-5-14(9-12)20-15-10-18-6-7-19-15/h1,3,5-7,9-10,13H,2,4,8,11,17H2,(H,19,20)/t13-/m1/s1. The summed E-state index contributed by atoms with van der Waals surface area (Å²) < 4.78 is 0. The highest BCUT2D eigenvalue weighted by molar-refractivity contribution is 5.95. The molecule has 1 saturated heterocycles. The van der Waals surface area contributed by atoms with Gasteiger partial charge in [-0.2, -0.15) is 0 Å². The van der Waals surface area contributed by atoms with Crippen molar-refractivity contribution < 1.29 is 4.79 Å². The summed E-state index contributed by atoms with van der Waals surface area (Å²) >= 11 is 0. The fourth-order valence-electron chi connectivity index (χ4n) is 2.62. The molecule has 1 amide bonds. The largest absolute Gasteiger partial charge is 0.339 e. The van der Waals surface area contributed by atoms with Gasteiger partial charge >= 0.3 is 0 Å². The van der Waals surface area contributed by atoms with Crippen LogP contribution in [0.3, 0.4) is 0 Å². The molecule has 0 spiro atoms. The van der Waals surface area contributed by atoms with Gasteiger partial charge in [0, 0.05) is 42.8 Å². The third kappa shape index (κ3) is 3.40. The van der Waals surface area contributed by atoms with E-state index in [1.165, 1.54) is 0 Å². The number of piperidine rings is 1. The van der Waals surface area contributed by atoms with Gasteiger partial charge in [-0.25, -0.2) is 4.98 Å². The van der Waals surface area contributed by atoms with Crippen LogP contribution in [0.4, 0.5) is 11.5 Å². The molecule has 1 aliphatic rings. The zero-order chi connectivity index (χ0) is 15.4. The molecule has 6 heteroatoms. The number of nitrogens with zero attached hydrogens (tertiary/aromatic N) is 3. The van der Waals surface area contributed by atoms with Gasteiger partial charge < -0.3 is 16.0 Å². The fraction of sp³-hybridized carbons (Fsp3) is 0.312. The normalized spacial score (nSPS) is 18.0. The van der Waals surface area contributed by atoms with Crippen LogP contribution in [-0.4, -0.2) is 39.9 Å². The topological polar surface area (TPSA) is 84.1 Å². The molecular formula is C16H19N5O. The van der Waals surface area contributed by atoms with E-state index in [9.17, 15) is 4.79 Å². The molecule has 3 N–H and O–H groups in total.